The van der Waals surface area contributed by atoms with Gasteiger partial charge in [-0.15, -0.1) is 0 Å². The Balaban J connectivity index is 1.37. The molecule has 5 heteroatoms. The molecule has 1 aromatic carbocycles. The van der Waals surface area contributed by atoms with Crippen molar-refractivity contribution >= 4 is 11.8 Å². The summed E-state index contributed by atoms with van der Waals surface area (Å²) < 4.78 is 5.80. The SMILES string of the molecule is CN1C2CCC1CC(OC(=O)N1CNc3ccccc3C1)C2. The topological polar surface area (TPSA) is 44.8 Å². The molecule has 2 fully saturated rings. The summed E-state index contributed by atoms with van der Waals surface area (Å²) in [6.45, 7) is 1.15. The van der Waals surface area contributed by atoms with Crippen molar-refractivity contribution in [1.29, 1.82) is 0 Å². The van der Waals surface area contributed by atoms with E-state index in [1.165, 1.54) is 12.8 Å². The molecule has 3 heterocycles. The Morgan fingerprint density at radius 2 is 1.95 bits per heavy atom. The monoisotopic (exact) mass is 301 g/mol. The summed E-state index contributed by atoms with van der Waals surface area (Å²) >= 11 is 0. The lowest BCUT2D eigenvalue weighted by Gasteiger charge is -2.37. The number of carbonyl (C=O) groups excluding carboxylic acids is 1. The Kier molecular flexibility index (Phi) is 3.45. The van der Waals surface area contributed by atoms with Gasteiger partial charge in [0.15, 0.2) is 0 Å². The number of carbonyl (C=O) groups is 1. The van der Waals surface area contributed by atoms with Crippen molar-refractivity contribution in [2.45, 2.75) is 50.4 Å². The number of piperidine rings is 1. The Morgan fingerprint density at radius 1 is 1.23 bits per heavy atom. The normalized spacial score (nSPS) is 30.6. The number of benzene rings is 1. The maximum atomic E-state index is 12.4. The first-order valence-corrected chi connectivity index (χ1v) is 8.20. The smallest absolute Gasteiger partial charge is 0.411 e. The third kappa shape index (κ3) is 2.43. The van der Waals surface area contributed by atoms with E-state index in [4.69, 9.17) is 4.74 Å². The molecular formula is C17H23N3O2. The van der Waals surface area contributed by atoms with Gasteiger partial charge in [-0.1, -0.05) is 18.2 Å². The van der Waals surface area contributed by atoms with Crippen molar-refractivity contribution in [2.75, 3.05) is 19.0 Å². The number of nitrogens with one attached hydrogen (secondary N) is 1. The van der Waals surface area contributed by atoms with Crippen molar-refractivity contribution in [3.63, 3.8) is 0 Å². The minimum Gasteiger partial charge on any atom is -0.446 e. The van der Waals surface area contributed by atoms with Gasteiger partial charge in [0.05, 0.1) is 13.2 Å². The van der Waals surface area contributed by atoms with E-state index < -0.39 is 0 Å². The van der Waals surface area contributed by atoms with Crippen LogP contribution in [0.3, 0.4) is 0 Å². The van der Waals surface area contributed by atoms with Crippen LogP contribution in [0.1, 0.15) is 31.2 Å². The van der Waals surface area contributed by atoms with Crippen molar-refractivity contribution in [3.8, 4) is 0 Å². The zero-order valence-corrected chi connectivity index (χ0v) is 13.0. The van der Waals surface area contributed by atoms with Crippen LogP contribution in [-0.2, 0) is 11.3 Å². The zero-order valence-electron chi connectivity index (χ0n) is 13.0. The highest BCUT2D eigenvalue weighted by molar-refractivity contribution is 5.70. The molecule has 0 aliphatic carbocycles. The molecule has 0 aromatic heterocycles. The predicted octanol–water partition coefficient (Wildman–Crippen LogP) is 2.63. The molecule has 118 valence electrons. The number of hydrogen-bond acceptors (Lipinski definition) is 4. The minimum atomic E-state index is -0.184. The molecule has 2 saturated heterocycles. The molecule has 4 rings (SSSR count). The highest BCUT2D eigenvalue weighted by Gasteiger charge is 2.40. The number of anilines is 1. The van der Waals surface area contributed by atoms with Crippen molar-refractivity contribution < 1.29 is 9.53 Å². The minimum absolute atomic E-state index is 0.0818. The molecule has 3 aliphatic heterocycles. The number of nitrogens with zero attached hydrogens (tertiary/aromatic N) is 2. The summed E-state index contributed by atoms with van der Waals surface area (Å²) in [5, 5.41) is 3.28. The highest BCUT2D eigenvalue weighted by Crippen LogP contribution is 2.35. The molecule has 0 spiro atoms. The van der Waals surface area contributed by atoms with Crippen LogP contribution in [0.5, 0.6) is 0 Å². The van der Waals surface area contributed by atoms with Crippen LogP contribution < -0.4 is 5.32 Å². The van der Waals surface area contributed by atoms with Gasteiger partial charge in [0, 0.05) is 30.6 Å². The van der Waals surface area contributed by atoms with E-state index >= 15 is 0 Å². The van der Waals surface area contributed by atoms with Crippen molar-refractivity contribution in [1.82, 2.24) is 9.80 Å². The van der Waals surface area contributed by atoms with Gasteiger partial charge in [0.1, 0.15) is 6.10 Å². The standard InChI is InChI=1S/C17H23N3O2/c1-19-13-6-7-14(19)9-15(8-13)22-17(21)20-10-12-4-2-3-5-16(12)18-11-20/h2-5,13-15,18H,6-11H2,1H3. The van der Waals surface area contributed by atoms with Gasteiger partial charge in [0.25, 0.3) is 0 Å². The van der Waals surface area contributed by atoms with E-state index in [9.17, 15) is 4.79 Å². The summed E-state index contributed by atoms with van der Waals surface area (Å²) in [6, 6.07) is 9.30. The molecule has 1 amide bonds. The molecule has 1 aromatic rings. The molecule has 5 nitrogen and oxygen atoms in total. The molecule has 2 bridgehead atoms. The number of rotatable bonds is 1. The highest BCUT2D eigenvalue weighted by atomic mass is 16.6. The first kappa shape index (κ1) is 13.9. The van der Waals surface area contributed by atoms with Crippen molar-refractivity contribution in [2.24, 2.45) is 0 Å². The number of para-hydroxylation sites is 1. The third-order valence-corrected chi connectivity index (χ3v) is 5.42. The average Bonchev–Trinajstić information content (AvgIpc) is 2.75. The Labute approximate surface area is 131 Å². The van der Waals surface area contributed by atoms with Crippen LogP contribution >= 0.6 is 0 Å². The second kappa shape index (κ2) is 5.47. The number of ether oxygens (including phenoxy) is 1. The van der Waals surface area contributed by atoms with Crippen LogP contribution in [0, 0.1) is 0 Å². The van der Waals surface area contributed by atoms with E-state index in [2.05, 4.69) is 23.3 Å². The van der Waals surface area contributed by atoms with E-state index in [1.807, 2.05) is 18.2 Å². The van der Waals surface area contributed by atoms with E-state index in [0.717, 1.165) is 24.1 Å². The van der Waals surface area contributed by atoms with Gasteiger partial charge >= 0.3 is 6.09 Å². The van der Waals surface area contributed by atoms with Gasteiger partial charge in [-0.3, -0.25) is 4.90 Å². The first-order chi connectivity index (χ1) is 10.7. The third-order valence-electron chi connectivity index (χ3n) is 5.42. The maximum Gasteiger partial charge on any atom is 0.411 e. The van der Waals surface area contributed by atoms with Crippen LogP contribution in [0.25, 0.3) is 0 Å². The fourth-order valence-electron chi connectivity index (χ4n) is 4.08. The van der Waals surface area contributed by atoms with Crippen LogP contribution in [-0.4, -0.2) is 47.8 Å². The van der Waals surface area contributed by atoms with Crippen LogP contribution in [0.15, 0.2) is 24.3 Å². The molecule has 0 radical (unpaired) electrons. The summed E-state index contributed by atoms with van der Waals surface area (Å²) in [5.41, 5.74) is 2.26. The Morgan fingerprint density at radius 3 is 2.73 bits per heavy atom. The maximum absolute atomic E-state index is 12.4. The Hall–Kier alpha value is -1.75. The average molecular weight is 301 g/mol. The molecule has 1 N–H and O–H groups in total. The summed E-state index contributed by atoms with van der Waals surface area (Å²) in [7, 11) is 2.20. The van der Waals surface area contributed by atoms with Crippen LogP contribution in [0.2, 0.25) is 0 Å². The molecular weight excluding hydrogens is 278 g/mol. The van der Waals surface area contributed by atoms with Crippen molar-refractivity contribution in [3.05, 3.63) is 29.8 Å². The van der Waals surface area contributed by atoms with E-state index in [-0.39, 0.29) is 12.2 Å². The molecule has 2 atom stereocenters. The molecule has 22 heavy (non-hydrogen) atoms. The second-order valence-corrected chi connectivity index (χ2v) is 6.72. The van der Waals surface area contributed by atoms with Gasteiger partial charge < -0.3 is 15.0 Å². The van der Waals surface area contributed by atoms with Gasteiger partial charge in [0.2, 0.25) is 0 Å². The quantitative estimate of drug-likeness (QED) is 0.866. The van der Waals surface area contributed by atoms with E-state index in [0.29, 0.717) is 25.3 Å². The van der Waals surface area contributed by atoms with Gasteiger partial charge in [-0.2, -0.15) is 0 Å². The fourth-order valence-corrected chi connectivity index (χ4v) is 4.08. The molecule has 2 unspecified atom stereocenters. The van der Waals surface area contributed by atoms with Gasteiger partial charge in [-0.25, -0.2) is 4.79 Å². The zero-order chi connectivity index (χ0) is 15.1. The number of amides is 1. The largest absolute Gasteiger partial charge is 0.446 e. The number of fused-ring (bicyclic) bond motifs is 3. The summed E-state index contributed by atoms with van der Waals surface area (Å²) in [6.07, 6.45) is 4.35. The van der Waals surface area contributed by atoms with E-state index in [1.54, 1.807) is 4.90 Å². The first-order valence-electron chi connectivity index (χ1n) is 8.20. The Bertz CT molecular complexity index is 563. The molecule has 0 saturated carbocycles. The fraction of sp³-hybridized carbons (Fsp3) is 0.588. The van der Waals surface area contributed by atoms with Crippen LogP contribution in [0.4, 0.5) is 10.5 Å². The molecule has 3 aliphatic rings. The second-order valence-electron chi connectivity index (χ2n) is 6.72. The lowest BCUT2D eigenvalue weighted by atomic mass is 10.0. The van der Waals surface area contributed by atoms with Gasteiger partial charge in [-0.05, 0) is 31.5 Å². The predicted molar refractivity (Wildman–Crippen MR) is 84.6 cm³/mol. The number of hydrogen-bond donors (Lipinski definition) is 1. The summed E-state index contributed by atoms with van der Waals surface area (Å²) in [4.78, 5) is 16.7. The lowest BCUT2D eigenvalue weighted by molar-refractivity contribution is 0.0102. The lowest BCUT2D eigenvalue weighted by Crippen LogP contribution is -2.46. The summed E-state index contributed by atoms with van der Waals surface area (Å²) in [5.74, 6) is 0.